The second-order valence-electron chi connectivity index (χ2n) is 5.24. The van der Waals surface area contributed by atoms with Gasteiger partial charge in [-0.25, -0.2) is 14.9 Å². The Morgan fingerprint density at radius 3 is 2.72 bits per heavy atom. The van der Waals surface area contributed by atoms with Gasteiger partial charge in [0, 0.05) is 11.8 Å². The maximum Gasteiger partial charge on any atom is 0.415 e. The predicted octanol–water partition coefficient (Wildman–Crippen LogP) is 1.26. The zero-order chi connectivity index (χ0) is 18.6. The maximum atomic E-state index is 11.9. The van der Waals surface area contributed by atoms with Gasteiger partial charge in [0.15, 0.2) is 0 Å². The van der Waals surface area contributed by atoms with Gasteiger partial charge in [0.05, 0.1) is 12.3 Å². The molecule has 134 valence electrons. The molecule has 4 amide bonds. The Morgan fingerprint density at radius 1 is 1.36 bits per heavy atom. The summed E-state index contributed by atoms with van der Waals surface area (Å²) in [5.74, 6) is -3.46. The number of alkyl carbamates (subject to hydrolysis) is 1. The van der Waals surface area contributed by atoms with E-state index in [9.17, 15) is 24.3 Å². The number of nitrogens with one attached hydrogen (secondary N) is 3. The van der Waals surface area contributed by atoms with E-state index in [1.54, 1.807) is 6.92 Å². The lowest BCUT2D eigenvalue weighted by atomic mass is 10.0. The highest BCUT2D eigenvalue weighted by molar-refractivity contribution is 6.06. The van der Waals surface area contributed by atoms with Crippen molar-refractivity contribution in [2.75, 3.05) is 17.2 Å². The third kappa shape index (κ3) is 4.37. The van der Waals surface area contributed by atoms with Crippen molar-refractivity contribution in [1.82, 2.24) is 5.32 Å². The van der Waals surface area contributed by atoms with Crippen LogP contribution < -0.4 is 16.0 Å². The Morgan fingerprint density at radius 2 is 2.08 bits per heavy atom. The number of phenols is 1. The molecule has 10 heteroatoms. The van der Waals surface area contributed by atoms with Crippen LogP contribution in [0.25, 0.3) is 0 Å². The fraction of sp³-hybridized carbons (Fsp3) is 0.333. The molecule has 0 fully saturated rings. The van der Waals surface area contributed by atoms with E-state index in [2.05, 4.69) is 15.4 Å². The van der Waals surface area contributed by atoms with E-state index in [0.29, 0.717) is 5.56 Å². The van der Waals surface area contributed by atoms with Crippen LogP contribution >= 0.6 is 0 Å². The Kier molecular flexibility index (Phi) is 5.42. The van der Waals surface area contributed by atoms with Crippen LogP contribution in [-0.4, -0.2) is 40.8 Å². The average molecular weight is 351 g/mol. The lowest BCUT2D eigenvalue weighted by Gasteiger charge is -2.13. The number of carboxylic acids is 1. The number of benzene rings is 1. The smallest absolute Gasteiger partial charge is 0.415 e. The number of hydrogen-bond acceptors (Lipinski definition) is 6. The van der Waals surface area contributed by atoms with E-state index >= 15 is 0 Å². The first kappa shape index (κ1) is 18.0. The van der Waals surface area contributed by atoms with Crippen LogP contribution in [-0.2, 0) is 20.7 Å². The van der Waals surface area contributed by atoms with Crippen molar-refractivity contribution in [2.24, 2.45) is 5.92 Å². The third-order valence-corrected chi connectivity index (χ3v) is 3.54. The first-order valence-corrected chi connectivity index (χ1v) is 7.46. The number of ether oxygens (including phenoxy) is 1. The monoisotopic (exact) mass is 351 g/mol. The molecule has 1 aliphatic heterocycles. The van der Waals surface area contributed by atoms with Crippen molar-refractivity contribution in [3.05, 3.63) is 17.7 Å². The third-order valence-electron chi connectivity index (χ3n) is 3.54. The Bertz CT molecular complexity index is 732. The van der Waals surface area contributed by atoms with Gasteiger partial charge in [0.2, 0.25) is 5.91 Å². The predicted molar refractivity (Wildman–Crippen MR) is 85.4 cm³/mol. The molecule has 0 bridgehead atoms. The SMILES string of the molecule is CCOC(=O)NC(=O)Nc1cc2c(cc1O)NC(=O)C(C(=O)O)CC2. The number of urea groups is 1. The van der Waals surface area contributed by atoms with E-state index in [1.165, 1.54) is 12.1 Å². The van der Waals surface area contributed by atoms with Crippen molar-refractivity contribution in [3.8, 4) is 5.75 Å². The van der Waals surface area contributed by atoms with Crippen LogP contribution in [0.15, 0.2) is 12.1 Å². The average Bonchev–Trinajstić information content (AvgIpc) is 2.66. The number of hydrogen-bond donors (Lipinski definition) is 5. The van der Waals surface area contributed by atoms with Gasteiger partial charge in [-0.3, -0.25) is 9.59 Å². The number of carboxylic acid groups (broad SMARTS) is 1. The molecule has 0 spiro atoms. The number of aromatic hydroxyl groups is 1. The zero-order valence-corrected chi connectivity index (χ0v) is 13.3. The lowest BCUT2D eigenvalue weighted by molar-refractivity contribution is -0.145. The van der Waals surface area contributed by atoms with E-state index in [1.807, 2.05) is 5.32 Å². The summed E-state index contributed by atoms with van der Waals surface area (Å²) in [5.41, 5.74) is 0.813. The molecule has 1 unspecified atom stereocenters. The first-order chi connectivity index (χ1) is 11.8. The summed E-state index contributed by atoms with van der Waals surface area (Å²) in [5, 5.41) is 25.7. The highest BCUT2D eigenvalue weighted by Gasteiger charge is 2.30. The fourth-order valence-electron chi connectivity index (χ4n) is 2.36. The minimum Gasteiger partial charge on any atom is -0.506 e. The van der Waals surface area contributed by atoms with Gasteiger partial charge in [-0.15, -0.1) is 0 Å². The molecule has 25 heavy (non-hydrogen) atoms. The van der Waals surface area contributed by atoms with Crippen molar-refractivity contribution < 1.29 is 34.1 Å². The van der Waals surface area contributed by atoms with Gasteiger partial charge in [-0.2, -0.15) is 0 Å². The van der Waals surface area contributed by atoms with E-state index < -0.39 is 29.9 Å². The summed E-state index contributed by atoms with van der Waals surface area (Å²) in [4.78, 5) is 45.8. The molecule has 0 saturated carbocycles. The summed E-state index contributed by atoms with van der Waals surface area (Å²) in [7, 11) is 0. The van der Waals surface area contributed by atoms with Crippen molar-refractivity contribution >= 4 is 35.4 Å². The van der Waals surface area contributed by atoms with E-state index in [0.717, 1.165) is 0 Å². The quantitative estimate of drug-likeness (QED) is 0.405. The molecule has 1 heterocycles. The maximum absolute atomic E-state index is 11.9. The molecule has 10 nitrogen and oxygen atoms in total. The van der Waals surface area contributed by atoms with Crippen molar-refractivity contribution in [1.29, 1.82) is 0 Å². The van der Waals surface area contributed by atoms with Gasteiger partial charge in [0.25, 0.3) is 0 Å². The number of amides is 4. The molecular formula is C15H17N3O7. The Labute approximate surface area is 142 Å². The summed E-state index contributed by atoms with van der Waals surface area (Å²) < 4.78 is 4.56. The number of rotatable bonds is 3. The number of carbonyl (C=O) groups excluding carboxylic acids is 3. The van der Waals surface area contributed by atoms with Crippen molar-refractivity contribution in [2.45, 2.75) is 19.8 Å². The van der Waals surface area contributed by atoms with Gasteiger partial charge in [-0.05, 0) is 31.4 Å². The van der Waals surface area contributed by atoms with Crippen LogP contribution in [0, 0.1) is 5.92 Å². The number of imide groups is 1. The number of anilines is 2. The second-order valence-corrected chi connectivity index (χ2v) is 5.24. The standard InChI is InChI=1S/C15H17N3O7/c1-2-25-15(24)18-14(23)17-10-5-7-3-4-8(13(21)22)12(20)16-9(7)6-11(10)19/h5-6,8,19H,2-4H2,1H3,(H,16,20)(H,21,22)(H2,17,18,23,24). The number of carbonyl (C=O) groups is 4. The van der Waals surface area contributed by atoms with Gasteiger partial charge >= 0.3 is 18.1 Å². The largest absolute Gasteiger partial charge is 0.506 e. The molecule has 1 atom stereocenters. The Hall–Kier alpha value is -3.30. The number of aryl methyl sites for hydroxylation is 1. The normalized spacial score (nSPS) is 16.0. The second kappa shape index (κ2) is 7.51. The van der Waals surface area contributed by atoms with Crippen LogP contribution in [0.5, 0.6) is 5.75 Å². The number of fused-ring (bicyclic) bond motifs is 1. The van der Waals surface area contributed by atoms with E-state index in [4.69, 9.17) is 5.11 Å². The molecule has 2 rings (SSSR count). The van der Waals surface area contributed by atoms with Gasteiger partial charge in [0.1, 0.15) is 11.7 Å². The molecule has 1 aromatic carbocycles. The summed E-state index contributed by atoms with van der Waals surface area (Å²) >= 11 is 0. The molecule has 0 aliphatic carbocycles. The minimum atomic E-state index is -1.23. The molecule has 1 aromatic rings. The summed E-state index contributed by atoms with van der Waals surface area (Å²) in [6, 6.07) is 1.70. The molecule has 0 radical (unpaired) electrons. The fourth-order valence-corrected chi connectivity index (χ4v) is 2.36. The van der Waals surface area contributed by atoms with Gasteiger partial charge in [-0.1, -0.05) is 0 Å². The Balaban J connectivity index is 2.16. The summed E-state index contributed by atoms with van der Waals surface area (Å²) in [6.07, 6.45) is -0.613. The van der Waals surface area contributed by atoms with E-state index in [-0.39, 0.29) is 36.6 Å². The number of phenolic OH excluding ortho intramolecular Hbond substituents is 1. The molecule has 0 aromatic heterocycles. The van der Waals surface area contributed by atoms with Crippen LogP contribution in [0.1, 0.15) is 18.9 Å². The minimum absolute atomic E-state index is 0.00331. The van der Waals surface area contributed by atoms with Gasteiger partial charge < -0.3 is 25.6 Å². The van der Waals surface area contributed by atoms with Crippen molar-refractivity contribution in [3.63, 3.8) is 0 Å². The van der Waals surface area contributed by atoms with Crippen LogP contribution in [0.3, 0.4) is 0 Å². The molecule has 0 saturated heterocycles. The lowest BCUT2D eigenvalue weighted by Crippen LogP contribution is -2.34. The first-order valence-electron chi connectivity index (χ1n) is 7.46. The molecule has 5 N–H and O–H groups in total. The zero-order valence-electron chi connectivity index (χ0n) is 13.3. The highest BCUT2D eigenvalue weighted by Crippen LogP contribution is 2.34. The van der Waals surface area contributed by atoms with Crippen LogP contribution in [0.2, 0.25) is 0 Å². The highest BCUT2D eigenvalue weighted by atomic mass is 16.5. The number of aliphatic carboxylic acids is 1. The van der Waals surface area contributed by atoms with Crippen LogP contribution in [0.4, 0.5) is 21.0 Å². The topological polar surface area (TPSA) is 154 Å². The molecular weight excluding hydrogens is 334 g/mol. The summed E-state index contributed by atoms with van der Waals surface area (Å²) in [6.45, 7) is 1.67. The molecule has 1 aliphatic rings.